The maximum absolute atomic E-state index is 11.6. The first-order chi connectivity index (χ1) is 9.60. The SMILES string of the molecule is COC(=O)c1cc(NC(C)Cc2ccco2)ncc1N. The molecule has 0 spiro atoms. The second-order valence-corrected chi connectivity index (χ2v) is 4.48. The van der Waals surface area contributed by atoms with Gasteiger partial charge in [0.1, 0.15) is 11.6 Å². The van der Waals surface area contributed by atoms with Crippen LogP contribution in [0.25, 0.3) is 0 Å². The summed E-state index contributed by atoms with van der Waals surface area (Å²) < 4.78 is 9.96. The quantitative estimate of drug-likeness (QED) is 0.812. The second-order valence-electron chi connectivity index (χ2n) is 4.48. The average Bonchev–Trinajstić information content (AvgIpc) is 2.92. The summed E-state index contributed by atoms with van der Waals surface area (Å²) in [6, 6.07) is 5.44. The standard InChI is InChI=1S/C14H17N3O3/c1-9(6-10-4-3-5-20-10)17-13-7-11(14(18)19-2)12(15)8-16-13/h3-5,7-9H,6,15H2,1-2H3,(H,16,17). The minimum atomic E-state index is -0.480. The summed E-state index contributed by atoms with van der Waals surface area (Å²) in [7, 11) is 1.31. The third-order valence-electron chi connectivity index (χ3n) is 2.82. The molecule has 0 amide bonds. The zero-order valence-corrected chi connectivity index (χ0v) is 11.4. The lowest BCUT2D eigenvalue weighted by molar-refractivity contribution is 0.0602. The van der Waals surface area contributed by atoms with Crippen LogP contribution >= 0.6 is 0 Å². The number of methoxy groups -OCH3 is 1. The van der Waals surface area contributed by atoms with Crippen molar-refractivity contribution in [1.82, 2.24) is 4.98 Å². The van der Waals surface area contributed by atoms with E-state index in [9.17, 15) is 4.79 Å². The molecule has 0 aliphatic rings. The number of ether oxygens (including phenoxy) is 1. The van der Waals surface area contributed by atoms with Gasteiger partial charge >= 0.3 is 5.97 Å². The van der Waals surface area contributed by atoms with Crippen LogP contribution in [0, 0.1) is 0 Å². The van der Waals surface area contributed by atoms with E-state index in [1.54, 1.807) is 12.3 Å². The molecule has 0 aliphatic carbocycles. The number of carbonyl (C=O) groups is 1. The third-order valence-corrected chi connectivity index (χ3v) is 2.82. The fourth-order valence-electron chi connectivity index (χ4n) is 1.87. The minimum Gasteiger partial charge on any atom is -0.469 e. The van der Waals surface area contributed by atoms with Crippen LogP contribution in [0.5, 0.6) is 0 Å². The molecular formula is C14H17N3O3. The zero-order chi connectivity index (χ0) is 14.5. The van der Waals surface area contributed by atoms with Crippen molar-refractivity contribution in [1.29, 1.82) is 0 Å². The van der Waals surface area contributed by atoms with Crippen molar-refractivity contribution in [2.45, 2.75) is 19.4 Å². The fraction of sp³-hybridized carbons (Fsp3) is 0.286. The number of aromatic nitrogens is 1. The smallest absolute Gasteiger partial charge is 0.340 e. The van der Waals surface area contributed by atoms with Crippen molar-refractivity contribution in [3.8, 4) is 0 Å². The highest BCUT2D eigenvalue weighted by Crippen LogP contribution is 2.17. The number of nitrogens with zero attached hydrogens (tertiary/aromatic N) is 1. The van der Waals surface area contributed by atoms with Crippen LogP contribution < -0.4 is 11.1 Å². The van der Waals surface area contributed by atoms with Crippen LogP contribution in [-0.2, 0) is 11.2 Å². The second kappa shape index (κ2) is 6.10. The van der Waals surface area contributed by atoms with Gasteiger partial charge in [0.05, 0.1) is 30.8 Å². The van der Waals surface area contributed by atoms with Crippen molar-refractivity contribution in [2.24, 2.45) is 0 Å². The van der Waals surface area contributed by atoms with Gasteiger partial charge in [0.25, 0.3) is 0 Å². The number of anilines is 2. The molecule has 0 saturated heterocycles. The number of nitrogen functional groups attached to an aromatic ring is 1. The lowest BCUT2D eigenvalue weighted by Crippen LogP contribution is -2.19. The van der Waals surface area contributed by atoms with E-state index in [-0.39, 0.29) is 6.04 Å². The van der Waals surface area contributed by atoms with Gasteiger partial charge < -0.3 is 20.2 Å². The monoisotopic (exact) mass is 275 g/mol. The van der Waals surface area contributed by atoms with E-state index in [0.717, 1.165) is 5.76 Å². The van der Waals surface area contributed by atoms with Crippen LogP contribution in [-0.4, -0.2) is 24.1 Å². The molecule has 0 aromatic carbocycles. The number of pyridine rings is 1. The van der Waals surface area contributed by atoms with Gasteiger partial charge in [-0.3, -0.25) is 0 Å². The summed E-state index contributed by atoms with van der Waals surface area (Å²) in [4.78, 5) is 15.7. The Labute approximate surface area is 116 Å². The first kappa shape index (κ1) is 13.9. The van der Waals surface area contributed by atoms with Gasteiger partial charge in [-0.1, -0.05) is 0 Å². The molecule has 1 unspecified atom stereocenters. The van der Waals surface area contributed by atoms with Crippen molar-refractivity contribution in [3.05, 3.63) is 42.0 Å². The van der Waals surface area contributed by atoms with Gasteiger partial charge in [-0.25, -0.2) is 9.78 Å². The highest BCUT2D eigenvalue weighted by molar-refractivity contribution is 5.95. The molecule has 20 heavy (non-hydrogen) atoms. The molecule has 6 heteroatoms. The van der Waals surface area contributed by atoms with Crippen LogP contribution in [0.15, 0.2) is 35.1 Å². The van der Waals surface area contributed by atoms with Crippen molar-refractivity contribution in [2.75, 3.05) is 18.2 Å². The summed E-state index contributed by atoms with van der Waals surface area (Å²) in [5.74, 6) is 0.971. The molecule has 2 heterocycles. The molecular weight excluding hydrogens is 258 g/mol. The molecule has 0 aliphatic heterocycles. The number of hydrogen-bond acceptors (Lipinski definition) is 6. The summed E-state index contributed by atoms with van der Waals surface area (Å²) in [6.07, 6.45) is 3.79. The van der Waals surface area contributed by atoms with Gasteiger partial charge in [0, 0.05) is 12.5 Å². The van der Waals surface area contributed by atoms with E-state index in [1.165, 1.54) is 13.3 Å². The van der Waals surface area contributed by atoms with Gasteiger partial charge in [-0.15, -0.1) is 0 Å². The summed E-state index contributed by atoms with van der Waals surface area (Å²) in [6.45, 7) is 2.00. The van der Waals surface area contributed by atoms with E-state index in [4.69, 9.17) is 10.2 Å². The predicted molar refractivity (Wildman–Crippen MR) is 75.5 cm³/mol. The summed E-state index contributed by atoms with van der Waals surface area (Å²) in [5.41, 5.74) is 6.29. The maximum atomic E-state index is 11.6. The first-order valence-electron chi connectivity index (χ1n) is 6.23. The Morgan fingerprint density at radius 3 is 3.05 bits per heavy atom. The molecule has 2 aromatic heterocycles. The van der Waals surface area contributed by atoms with Crippen LogP contribution in [0.1, 0.15) is 23.0 Å². The lowest BCUT2D eigenvalue weighted by Gasteiger charge is -2.14. The topological polar surface area (TPSA) is 90.4 Å². The Bertz CT molecular complexity index is 581. The van der Waals surface area contributed by atoms with Gasteiger partial charge in [0.15, 0.2) is 0 Å². The van der Waals surface area contributed by atoms with E-state index in [2.05, 4.69) is 15.0 Å². The van der Waals surface area contributed by atoms with Gasteiger partial charge in [-0.05, 0) is 25.1 Å². The average molecular weight is 275 g/mol. The molecule has 3 N–H and O–H groups in total. The van der Waals surface area contributed by atoms with E-state index in [0.29, 0.717) is 23.5 Å². The van der Waals surface area contributed by atoms with E-state index >= 15 is 0 Å². The van der Waals surface area contributed by atoms with E-state index in [1.807, 2.05) is 19.1 Å². The Morgan fingerprint density at radius 1 is 1.60 bits per heavy atom. The largest absolute Gasteiger partial charge is 0.469 e. The highest BCUT2D eigenvalue weighted by Gasteiger charge is 2.13. The normalized spacial score (nSPS) is 11.9. The number of furan rings is 1. The van der Waals surface area contributed by atoms with Crippen LogP contribution in [0.3, 0.4) is 0 Å². The molecule has 106 valence electrons. The maximum Gasteiger partial charge on any atom is 0.340 e. The molecule has 0 radical (unpaired) electrons. The Kier molecular flexibility index (Phi) is 4.24. The van der Waals surface area contributed by atoms with Crippen LogP contribution in [0.4, 0.5) is 11.5 Å². The number of hydrogen-bond donors (Lipinski definition) is 2. The number of nitrogens with two attached hydrogens (primary N) is 1. The van der Waals surface area contributed by atoms with Crippen molar-refractivity contribution in [3.63, 3.8) is 0 Å². The number of nitrogens with one attached hydrogen (secondary N) is 1. The molecule has 0 fully saturated rings. The Balaban J connectivity index is 2.07. The lowest BCUT2D eigenvalue weighted by atomic mass is 10.2. The van der Waals surface area contributed by atoms with Gasteiger partial charge in [-0.2, -0.15) is 0 Å². The summed E-state index contributed by atoms with van der Waals surface area (Å²) in [5, 5.41) is 3.19. The first-order valence-corrected chi connectivity index (χ1v) is 6.23. The Hall–Kier alpha value is -2.50. The van der Waals surface area contributed by atoms with Crippen molar-refractivity contribution < 1.29 is 13.9 Å². The number of carbonyl (C=O) groups excluding carboxylic acids is 1. The third kappa shape index (κ3) is 3.28. The fourth-order valence-corrected chi connectivity index (χ4v) is 1.87. The minimum absolute atomic E-state index is 0.0998. The zero-order valence-electron chi connectivity index (χ0n) is 11.4. The molecule has 0 saturated carbocycles. The number of rotatable bonds is 5. The number of esters is 1. The van der Waals surface area contributed by atoms with E-state index < -0.39 is 5.97 Å². The van der Waals surface area contributed by atoms with Gasteiger partial charge in [0.2, 0.25) is 0 Å². The molecule has 6 nitrogen and oxygen atoms in total. The molecule has 2 aromatic rings. The molecule has 1 atom stereocenters. The Morgan fingerprint density at radius 2 is 2.40 bits per heavy atom. The summed E-state index contributed by atoms with van der Waals surface area (Å²) >= 11 is 0. The van der Waals surface area contributed by atoms with Crippen LogP contribution in [0.2, 0.25) is 0 Å². The predicted octanol–water partition coefficient (Wildman–Crippen LogP) is 2.09. The highest BCUT2D eigenvalue weighted by atomic mass is 16.5. The molecule has 2 rings (SSSR count). The molecule has 0 bridgehead atoms. The van der Waals surface area contributed by atoms with Crippen molar-refractivity contribution >= 4 is 17.5 Å².